The smallest absolute Gasteiger partial charge is 0.341 e. The molecule has 1 aliphatic rings. The molecule has 3 nitrogen and oxygen atoms in total. The fraction of sp³-hybridized carbons (Fsp3) is 0.0952. The van der Waals surface area contributed by atoms with Crippen molar-refractivity contribution in [2.24, 2.45) is 0 Å². The number of fused-ring (bicyclic) bond motifs is 1. The highest BCUT2D eigenvalue weighted by molar-refractivity contribution is 5.96. The second-order valence-corrected chi connectivity index (χ2v) is 5.98. The zero-order chi connectivity index (χ0) is 16.6. The highest BCUT2D eigenvalue weighted by atomic mass is 16.6. The number of rotatable bonds is 3. The summed E-state index contributed by atoms with van der Waals surface area (Å²) in [6.07, 6.45) is 0. The first kappa shape index (κ1) is 14.5. The number of hydrogen-bond acceptors (Lipinski definition) is 3. The number of carbonyl (C=O) groups excluding carboxylic acids is 1. The minimum Gasteiger partial charge on any atom is -0.427 e. The molecule has 3 aromatic rings. The van der Waals surface area contributed by atoms with E-state index in [1.807, 2.05) is 79.7 Å². The van der Waals surface area contributed by atoms with Crippen LogP contribution in [-0.2, 0) is 10.5 Å². The van der Waals surface area contributed by atoms with Crippen molar-refractivity contribution in [3.05, 3.63) is 101 Å². The van der Waals surface area contributed by atoms with Crippen molar-refractivity contribution in [3.8, 4) is 0 Å². The minimum absolute atomic E-state index is 0.311. The second-order valence-electron chi connectivity index (χ2n) is 5.98. The molecule has 0 spiro atoms. The largest absolute Gasteiger partial charge is 0.427 e. The molecular weight excluding hydrogens is 298 g/mol. The van der Waals surface area contributed by atoms with E-state index in [0.29, 0.717) is 5.56 Å². The number of esters is 1. The number of nitrogens with one attached hydrogen (secondary N) is 1. The normalized spacial score (nSPS) is 18.8. The number of carbonyl (C=O) groups is 1. The number of hydrogen-bond donors (Lipinski definition) is 1. The Morgan fingerprint density at radius 3 is 2.42 bits per heavy atom. The van der Waals surface area contributed by atoms with E-state index in [1.165, 1.54) is 0 Å². The van der Waals surface area contributed by atoms with Crippen LogP contribution in [0.3, 0.4) is 0 Å². The van der Waals surface area contributed by atoms with E-state index in [0.717, 1.165) is 22.4 Å². The quantitative estimate of drug-likeness (QED) is 0.724. The first-order chi connectivity index (χ1) is 11.7. The van der Waals surface area contributed by atoms with Crippen LogP contribution in [0.2, 0.25) is 0 Å². The molecular formula is C21H17NO2. The van der Waals surface area contributed by atoms with Crippen LogP contribution in [0.5, 0.6) is 0 Å². The molecule has 118 valence electrons. The Morgan fingerprint density at radius 2 is 1.62 bits per heavy atom. The summed E-state index contributed by atoms with van der Waals surface area (Å²) in [4.78, 5) is 12.4. The molecule has 1 N–H and O–H groups in total. The number of anilines is 1. The van der Waals surface area contributed by atoms with Crippen LogP contribution in [0.15, 0.2) is 78.9 Å². The molecule has 3 aromatic carbocycles. The maximum absolute atomic E-state index is 12.4. The van der Waals surface area contributed by atoms with Gasteiger partial charge in [-0.25, -0.2) is 4.79 Å². The lowest BCUT2D eigenvalue weighted by Crippen LogP contribution is -2.36. The van der Waals surface area contributed by atoms with E-state index in [-0.39, 0.29) is 5.97 Å². The standard InChI is InChI=1S/C21H17NO2/c1-15-8-7-11-17(14-15)22-21(16-9-3-2-4-10-16)19-13-6-5-12-18(19)20(23)24-21/h2-14,22H,1H3/t21-/m0/s1. The van der Waals surface area contributed by atoms with Crippen molar-refractivity contribution in [2.45, 2.75) is 12.6 Å². The summed E-state index contributed by atoms with van der Waals surface area (Å²) in [5, 5.41) is 3.46. The number of cyclic esters (lactones) is 1. The van der Waals surface area contributed by atoms with Crippen molar-refractivity contribution in [1.82, 2.24) is 0 Å². The summed E-state index contributed by atoms with van der Waals surface area (Å²) in [5.74, 6) is -0.311. The average Bonchev–Trinajstić information content (AvgIpc) is 2.89. The van der Waals surface area contributed by atoms with Crippen LogP contribution >= 0.6 is 0 Å². The van der Waals surface area contributed by atoms with Crippen molar-refractivity contribution in [2.75, 3.05) is 5.32 Å². The Hall–Kier alpha value is -3.07. The van der Waals surface area contributed by atoms with Crippen LogP contribution in [0.1, 0.15) is 27.0 Å². The fourth-order valence-corrected chi connectivity index (χ4v) is 3.20. The first-order valence-electron chi connectivity index (χ1n) is 7.92. The number of ether oxygens (including phenoxy) is 1. The summed E-state index contributed by atoms with van der Waals surface area (Å²) >= 11 is 0. The summed E-state index contributed by atoms with van der Waals surface area (Å²) in [5.41, 5.74) is 3.36. The third kappa shape index (κ3) is 2.26. The fourth-order valence-electron chi connectivity index (χ4n) is 3.20. The van der Waals surface area contributed by atoms with Crippen molar-refractivity contribution >= 4 is 11.7 Å². The molecule has 0 amide bonds. The lowest BCUT2D eigenvalue weighted by atomic mass is 9.92. The second kappa shape index (κ2) is 5.53. The Bertz CT molecular complexity index is 904. The van der Waals surface area contributed by atoms with Crippen LogP contribution in [0.25, 0.3) is 0 Å². The van der Waals surface area contributed by atoms with Gasteiger partial charge in [0.15, 0.2) is 0 Å². The highest BCUT2D eigenvalue weighted by Crippen LogP contribution is 2.42. The van der Waals surface area contributed by atoms with Gasteiger partial charge in [0.25, 0.3) is 0 Å². The Balaban J connectivity index is 1.91. The van der Waals surface area contributed by atoms with Gasteiger partial charge in [-0.1, -0.05) is 60.7 Å². The van der Waals surface area contributed by atoms with Gasteiger partial charge < -0.3 is 10.1 Å². The monoisotopic (exact) mass is 315 g/mol. The number of benzene rings is 3. The molecule has 0 saturated carbocycles. The molecule has 4 rings (SSSR count). The highest BCUT2D eigenvalue weighted by Gasteiger charge is 2.47. The molecule has 1 atom stereocenters. The van der Waals surface area contributed by atoms with Gasteiger partial charge in [0.05, 0.1) is 5.56 Å². The predicted molar refractivity (Wildman–Crippen MR) is 93.9 cm³/mol. The zero-order valence-electron chi connectivity index (χ0n) is 13.3. The maximum atomic E-state index is 12.4. The average molecular weight is 315 g/mol. The molecule has 0 bridgehead atoms. The van der Waals surface area contributed by atoms with E-state index < -0.39 is 5.72 Å². The van der Waals surface area contributed by atoms with Crippen LogP contribution in [-0.4, -0.2) is 5.97 Å². The first-order valence-corrected chi connectivity index (χ1v) is 7.92. The third-order valence-electron chi connectivity index (χ3n) is 4.29. The summed E-state index contributed by atoms with van der Waals surface area (Å²) < 4.78 is 5.90. The maximum Gasteiger partial charge on any atom is 0.341 e. The van der Waals surface area contributed by atoms with Gasteiger partial charge in [0.2, 0.25) is 5.72 Å². The summed E-state index contributed by atoms with van der Waals surface area (Å²) in [6.45, 7) is 2.04. The van der Waals surface area contributed by atoms with Crippen LogP contribution < -0.4 is 5.32 Å². The molecule has 0 unspecified atom stereocenters. The minimum atomic E-state index is -1.01. The zero-order valence-corrected chi connectivity index (χ0v) is 13.3. The Kier molecular flexibility index (Phi) is 3.35. The van der Waals surface area contributed by atoms with E-state index in [4.69, 9.17) is 4.74 Å². The van der Waals surface area contributed by atoms with E-state index in [2.05, 4.69) is 5.32 Å². The summed E-state index contributed by atoms with van der Waals surface area (Å²) in [6, 6.07) is 25.4. The molecule has 0 saturated heterocycles. The third-order valence-corrected chi connectivity index (χ3v) is 4.29. The van der Waals surface area contributed by atoms with Gasteiger partial charge in [0, 0.05) is 16.8 Å². The van der Waals surface area contributed by atoms with Gasteiger partial charge in [-0.05, 0) is 30.7 Å². The SMILES string of the molecule is Cc1cccc(N[C@@]2(c3ccccc3)OC(=O)c3ccccc32)c1. The van der Waals surface area contributed by atoms with Crippen molar-refractivity contribution in [1.29, 1.82) is 0 Å². The van der Waals surface area contributed by atoms with Gasteiger partial charge in [0.1, 0.15) is 0 Å². The molecule has 0 fully saturated rings. The van der Waals surface area contributed by atoms with Gasteiger partial charge in [-0.3, -0.25) is 0 Å². The van der Waals surface area contributed by atoms with Crippen LogP contribution in [0, 0.1) is 6.92 Å². The topological polar surface area (TPSA) is 38.3 Å². The number of aryl methyl sites for hydroxylation is 1. The van der Waals surface area contributed by atoms with Gasteiger partial charge in [-0.15, -0.1) is 0 Å². The molecule has 24 heavy (non-hydrogen) atoms. The van der Waals surface area contributed by atoms with Crippen molar-refractivity contribution in [3.63, 3.8) is 0 Å². The predicted octanol–water partition coefficient (Wildman–Crippen LogP) is 4.48. The van der Waals surface area contributed by atoms with E-state index >= 15 is 0 Å². The lowest BCUT2D eigenvalue weighted by Gasteiger charge is -2.31. The molecule has 1 aliphatic heterocycles. The molecule has 0 aliphatic carbocycles. The summed E-state index contributed by atoms with van der Waals surface area (Å²) in [7, 11) is 0. The molecule has 1 heterocycles. The molecule has 0 radical (unpaired) electrons. The molecule has 0 aromatic heterocycles. The Morgan fingerprint density at radius 1 is 0.875 bits per heavy atom. The Labute approximate surface area is 140 Å². The van der Waals surface area contributed by atoms with Crippen LogP contribution in [0.4, 0.5) is 5.69 Å². The lowest BCUT2D eigenvalue weighted by molar-refractivity contribution is 0.0212. The molecule has 3 heteroatoms. The van der Waals surface area contributed by atoms with Crippen molar-refractivity contribution < 1.29 is 9.53 Å². The van der Waals surface area contributed by atoms with E-state index in [1.54, 1.807) is 6.07 Å². The van der Waals surface area contributed by atoms with Gasteiger partial charge >= 0.3 is 5.97 Å². The van der Waals surface area contributed by atoms with E-state index in [9.17, 15) is 4.79 Å². The van der Waals surface area contributed by atoms with Gasteiger partial charge in [-0.2, -0.15) is 0 Å².